The molecule has 42 valence electrons. The molecule has 1 spiro atoms. The first-order valence-corrected chi connectivity index (χ1v) is 3.53. The molecule has 0 aromatic carbocycles. The quantitative estimate of drug-likeness (QED) is 0.414. The Bertz CT molecular complexity index is 190. The number of allylic oxidation sites excluding steroid dienone is 2. The van der Waals surface area contributed by atoms with E-state index in [1.165, 1.54) is 12.8 Å². The van der Waals surface area contributed by atoms with Crippen LogP contribution in [0.3, 0.4) is 0 Å². The van der Waals surface area contributed by atoms with Crippen molar-refractivity contribution in [3.63, 3.8) is 0 Å². The van der Waals surface area contributed by atoms with Gasteiger partial charge in [0.1, 0.15) is 0 Å². The van der Waals surface area contributed by atoms with Crippen LogP contribution in [0.25, 0.3) is 0 Å². The van der Waals surface area contributed by atoms with Gasteiger partial charge in [-0.3, -0.25) is 0 Å². The minimum Gasteiger partial charge on any atom is -0.0813 e. The maximum Gasteiger partial charge on any atom is -0.0128 e. The molecule has 8 heavy (non-hydrogen) atoms. The van der Waals surface area contributed by atoms with Crippen LogP contribution in [0.15, 0.2) is 11.6 Å². The molecule has 4 aliphatic carbocycles. The summed E-state index contributed by atoms with van der Waals surface area (Å²) in [5, 5.41) is 0. The molecule has 0 nitrogen and oxygen atoms in total. The van der Waals surface area contributed by atoms with E-state index in [1.54, 1.807) is 5.57 Å². The van der Waals surface area contributed by atoms with E-state index < -0.39 is 0 Å². The van der Waals surface area contributed by atoms with Crippen LogP contribution >= 0.6 is 0 Å². The summed E-state index contributed by atoms with van der Waals surface area (Å²) < 4.78 is 0. The standard InChI is InChI=1S/C8H10/c1-5-6-2-7-4-8(5,7)3-6/h2,5,7H,3-4H2,1H3. The van der Waals surface area contributed by atoms with Crippen molar-refractivity contribution in [2.75, 3.05) is 0 Å². The highest BCUT2D eigenvalue weighted by Crippen LogP contribution is 2.77. The molecule has 0 heteroatoms. The number of hydrogen-bond acceptors (Lipinski definition) is 0. The van der Waals surface area contributed by atoms with Crippen LogP contribution in [0.2, 0.25) is 0 Å². The molecule has 0 aromatic rings. The van der Waals surface area contributed by atoms with Crippen LogP contribution in [0, 0.1) is 17.3 Å². The van der Waals surface area contributed by atoms with Gasteiger partial charge in [0.05, 0.1) is 0 Å². The van der Waals surface area contributed by atoms with Crippen molar-refractivity contribution in [2.24, 2.45) is 17.3 Å². The lowest BCUT2D eigenvalue weighted by Gasteiger charge is -2.33. The van der Waals surface area contributed by atoms with Gasteiger partial charge in [0, 0.05) is 0 Å². The summed E-state index contributed by atoms with van der Waals surface area (Å²) in [5.41, 5.74) is 2.64. The average Bonchev–Trinajstić information content (AvgIpc) is 2.33. The van der Waals surface area contributed by atoms with Crippen LogP contribution in [0.5, 0.6) is 0 Å². The molecular formula is C8H10. The maximum atomic E-state index is 2.52. The lowest BCUT2D eigenvalue weighted by molar-refractivity contribution is 0.281. The molecule has 0 saturated heterocycles. The van der Waals surface area contributed by atoms with E-state index in [0.29, 0.717) is 0 Å². The monoisotopic (exact) mass is 106 g/mol. The van der Waals surface area contributed by atoms with E-state index in [0.717, 1.165) is 17.3 Å². The Morgan fingerprint density at radius 2 is 2.62 bits per heavy atom. The van der Waals surface area contributed by atoms with Crippen molar-refractivity contribution in [3.8, 4) is 0 Å². The molecule has 0 radical (unpaired) electrons. The fraction of sp³-hybridized carbons (Fsp3) is 0.750. The van der Waals surface area contributed by atoms with Crippen LogP contribution in [0.1, 0.15) is 19.8 Å². The maximum absolute atomic E-state index is 2.52. The van der Waals surface area contributed by atoms with Crippen molar-refractivity contribution in [3.05, 3.63) is 11.6 Å². The summed E-state index contributed by atoms with van der Waals surface area (Å²) in [6.45, 7) is 2.39. The first-order chi connectivity index (χ1) is 3.83. The smallest absolute Gasteiger partial charge is 0.0128 e. The van der Waals surface area contributed by atoms with E-state index in [1.807, 2.05) is 0 Å². The zero-order valence-corrected chi connectivity index (χ0v) is 5.15. The second-order valence-electron chi connectivity index (χ2n) is 3.68. The predicted octanol–water partition coefficient (Wildman–Crippen LogP) is 1.97. The van der Waals surface area contributed by atoms with Gasteiger partial charge in [-0.25, -0.2) is 0 Å². The Morgan fingerprint density at radius 1 is 1.75 bits per heavy atom. The molecule has 3 unspecified atom stereocenters. The van der Waals surface area contributed by atoms with Gasteiger partial charge in [-0.15, -0.1) is 0 Å². The minimum absolute atomic E-state index is 0.870. The van der Waals surface area contributed by atoms with Gasteiger partial charge in [0.2, 0.25) is 0 Å². The topological polar surface area (TPSA) is 0 Å². The molecule has 4 aliphatic rings. The SMILES string of the molecule is CC1C2=CC3CC31C2. The molecule has 0 aromatic heterocycles. The van der Waals surface area contributed by atoms with E-state index in [-0.39, 0.29) is 0 Å². The van der Waals surface area contributed by atoms with Gasteiger partial charge in [-0.05, 0) is 30.1 Å². The van der Waals surface area contributed by atoms with E-state index in [2.05, 4.69) is 13.0 Å². The van der Waals surface area contributed by atoms with Crippen LogP contribution in [-0.4, -0.2) is 0 Å². The van der Waals surface area contributed by atoms with Crippen molar-refractivity contribution in [1.29, 1.82) is 0 Å². The van der Waals surface area contributed by atoms with Gasteiger partial charge in [0.25, 0.3) is 0 Å². The zero-order valence-electron chi connectivity index (χ0n) is 5.15. The molecule has 4 rings (SSSR count). The normalized spacial score (nSPS) is 63.9. The fourth-order valence-electron chi connectivity index (χ4n) is 2.66. The highest BCUT2D eigenvalue weighted by molar-refractivity contribution is 5.42. The molecule has 0 heterocycles. The average molecular weight is 106 g/mol. The summed E-state index contributed by atoms with van der Waals surface area (Å²) in [4.78, 5) is 0. The van der Waals surface area contributed by atoms with Gasteiger partial charge < -0.3 is 0 Å². The predicted molar refractivity (Wildman–Crippen MR) is 32.4 cm³/mol. The van der Waals surface area contributed by atoms with E-state index in [4.69, 9.17) is 0 Å². The highest BCUT2D eigenvalue weighted by Gasteiger charge is 2.68. The fourth-order valence-corrected chi connectivity index (χ4v) is 2.66. The Labute approximate surface area is 49.6 Å². The molecule has 2 bridgehead atoms. The molecular weight excluding hydrogens is 96.1 g/mol. The molecule has 0 N–H and O–H groups in total. The van der Waals surface area contributed by atoms with Crippen LogP contribution < -0.4 is 0 Å². The first-order valence-electron chi connectivity index (χ1n) is 3.53. The van der Waals surface area contributed by atoms with Crippen molar-refractivity contribution >= 4 is 0 Å². The van der Waals surface area contributed by atoms with E-state index >= 15 is 0 Å². The summed E-state index contributed by atoms with van der Waals surface area (Å²) in [6.07, 6.45) is 5.52. The third-order valence-electron chi connectivity index (χ3n) is 3.55. The first kappa shape index (κ1) is 3.71. The Morgan fingerprint density at radius 3 is 2.75 bits per heavy atom. The summed E-state index contributed by atoms with van der Waals surface area (Å²) in [5.74, 6) is 2.04. The Hall–Kier alpha value is -0.260. The molecule has 2 saturated carbocycles. The van der Waals surface area contributed by atoms with Crippen molar-refractivity contribution in [2.45, 2.75) is 19.8 Å². The van der Waals surface area contributed by atoms with Crippen LogP contribution in [0.4, 0.5) is 0 Å². The third-order valence-corrected chi connectivity index (χ3v) is 3.55. The summed E-state index contributed by atoms with van der Waals surface area (Å²) >= 11 is 0. The van der Waals surface area contributed by atoms with Crippen LogP contribution in [-0.2, 0) is 0 Å². The van der Waals surface area contributed by atoms with Gasteiger partial charge in [-0.1, -0.05) is 18.6 Å². The van der Waals surface area contributed by atoms with E-state index in [9.17, 15) is 0 Å². The van der Waals surface area contributed by atoms with Crippen molar-refractivity contribution < 1.29 is 0 Å². The lowest BCUT2D eigenvalue weighted by Crippen LogP contribution is -2.24. The second kappa shape index (κ2) is 0.706. The largest absolute Gasteiger partial charge is 0.0813 e. The van der Waals surface area contributed by atoms with Gasteiger partial charge in [0.15, 0.2) is 0 Å². The third kappa shape index (κ3) is 0.168. The van der Waals surface area contributed by atoms with Gasteiger partial charge in [-0.2, -0.15) is 0 Å². The molecule has 0 aliphatic heterocycles. The van der Waals surface area contributed by atoms with Gasteiger partial charge >= 0.3 is 0 Å². The zero-order chi connectivity index (χ0) is 5.35. The summed E-state index contributed by atoms with van der Waals surface area (Å²) in [6, 6.07) is 0. The lowest BCUT2D eigenvalue weighted by atomic mass is 9.71. The number of hydrogen-bond donors (Lipinski definition) is 0. The molecule has 3 atom stereocenters. The molecule has 2 fully saturated rings. The summed E-state index contributed by atoms with van der Waals surface area (Å²) in [7, 11) is 0. The number of rotatable bonds is 0. The highest BCUT2D eigenvalue weighted by atomic mass is 14.7. The van der Waals surface area contributed by atoms with Crippen molar-refractivity contribution in [1.82, 2.24) is 0 Å². The minimum atomic E-state index is 0.870. The Kier molecular flexibility index (Phi) is 0.327. The second-order valence-corrected chi connectivity index (χ2v) is 3.68. The molecule has 0 amide bonds. The Balaban J connectivity index is 2.22.